The highest BCUT2D eigenvalue weighted by molar-refractivity contribution is 5.41. The maximum atomic E-state index is 11.2. The lowest BCUT2D eigenvalue weighted by Crippen LogP contribution is -2.15. The fourth-order valence-electron chi connectivity index (χ4n) is 2.17. The summed E-state index contributed by atoms with van der Waals surface area (Å²) in [6.07, 6.45) is 1.78. The molecule has 1 aromatic carbocycles. The van der Waals surface area contributed by atoms with Gasteiger partial charge in [-0.1, -0.05) is 30.3 Å². The standard InChI is InChI=1S/C13H11NO/c15-13-6-5-11-7-9-3-1-2-4-10(9)8-12(11)14-13/h1-6H,7-8H2,(H,14,15). The van der Waals surface area contributed by atoms with Gasteiger partial charge in [-0.3, -0.25) is 4.79 Å². The number of rotatable bonds is 0. The lowest BCUT2D eigenvalue weighted by Gasteiger charge is -2.18. The zero-order valence-corrected chi connectivity index (χ0v) is 8.29. The van der Waals surface area contributed by atoms with Crippen molar-refractivity contribution in [3.05, 3.63) is 69.1 Å². The summed E-state index contributed by atoms with van der Waals surface area (Å²) < 4.78 is 0. The van der Waals surface area contributed by atoms with Gasteiger partial charge in [0.25, 0.3) is 0 Å². The molecular formula is C13H11NO. The van der Waals surface area contributed by atoms with Gasteiger partial charge in [-0.05, 0) is 23.1 Å². The normalized spacial score (nSPS) is 13.1. The molecule has 0 bridgehead atoms. The highest BCUT2D eigenvalue weighted by atomic mass is 16.1. The molecule has 0 fully saturated rings. The molecule has 0 saturated heterocycles. The van der Waals surface area contributed by atoms with Gasteiger partial charge in [-0.15, -0.1) is 0 Å². The molecule has 2 aromatic rings. The first-order valence-corrected chi connectivity index (χ1v) is 5.11. The molecule has 2 heteroatoms. The summed E-state index contributed by atoms with van der Waals surface area (Å²) in [4.78, 5) is 14.1. The van der Waals surface area contributed by atoms with Crippen LogP contribution in [0.1, 0.15) is 22.4 Å². The van der Waals surface area contributed by atoms with Crippen molar-refractivity contribution in [3.8, 4) is 0 Å². The first kappa shape index (κ1) is 8.48. The Hall–Kier alpha value is -1.83. The Kier molecular flexibility index (Phi) is 1.75. The number of pyridine rings is 1. The molecule has 0 aliphatic heterocycles. The number of benzene rings is 1. The Morgan fingerprint density at radius 3 is 2.40 bits per heavy atom. The molecule has 15 heavy (non-hydrogen) atoms. The molecule has 2 nitrogen and oxygen atoms in total. The predicted octanol–water partition coefficient (Wildman–Crippen LogP) is 1.87. The lowest BCUT2D eigenvalue weighted by atomic mass is 9.89. The first-order valence-electron chi connectivity index (χ1n) is 5.11. The van der Waals surface area contributed by atoms with E-state index in [4.69, 9.17) is 0 Å². The monoisotopic (exact) mass is 197 g/mol. The van der Waals surface area contributed by atoms with Crippen LogP contribution in [0.2, 0.25) is 0 Å². The number of hydrogen-bond acceptors (Lipinski definition) is 1. The van der Waals surface area contributed by atoms with Crippen molar-refractivity contribution < 1.29 is 0 Å². The minimum absolute atomic E-state index is 0.00636. The van der Waals surface area contributed by atoms with E-state index in [2.05, 4.69) is 23.2 Å². The van der Waals surface area contributed by atoms with Gasteiger partial charge in [0.15, 0.2) is 0 Å². The van der Waals surface area contributed by atoms with Crippen molar-refractivity contribution in [2.45, 2.75) is 12.8 Å². The molecule has 1 aromatic heterocycles. The van der Waals surface area contributed by atoms with E-state index in [1.165, 1.54) is 16.7 Å². The smallest absolute Gasteiger partial charge is 0.248 e. The molecule has 0 spiro atoms. The van der Waals surface area contributed by atoms with E-state index in [1.807, 2.05) is 12.1 Å². The Morgan fingerprint density at radius 1 is 0.867 bits per heavy atom. The maximum absolute atomic E-state index is 11.2. The van der Waals surface area contributed by atoms with E-state index >= 15 is 0 Å². The second-order valence-electron chi connectivity index (χ2n) is 3.95. The Labute approximate surface area is 87.6 Å². The minimum atomic E-state index is -0.00636. The third-order valence-electron chi connectivity index (χ3n) is 2.96. The molecular weight excluding hydrogens is 186 g/mol. The summed E-state index contributed by atoms with van der Waals surface area (Å²) in [7, 11) is 0. The zero-order chi connectivity index (χ0) is 10.3. The fourth-order valence-corrected chi connectivity index (χ4v) is 2.17. The topological polar surface area (TPSA) is 32.9 Å². The van der Waals surface area contributed by atoms with Crippen molar-refractivity contribution in [2.24, 2.45) is 0 Å². The largest absolute Gasteiger partial charge is 0.326 e. The van der Waals surface area contributed by atoms with Crippen molar-refractivity contribution >= 4 is 0 Å². The van der Waals surface area contributed by atoms with Crippen molar-refractivity contribution in [1.82, 2.24) is 4.98 Å². The van der Waals surface area contributed by atoms with Crippen LogP contribution >= 0.6 is 0 Å². The first-order chi connectivity index (χ1) is 7.33. The van der Waals surface area contributed by atoms with Gasteiger partial charge >= 0.3 is 0 Å². The van der Waals surface area contributed by atoms with Crippen LogP contribution in [0.5, 0.6) is 0 Å². The van der Waals surface area contributed by atoms with Crippen molar-refractivity contribution in [1.29, 1.82) is 0 Å². The van der Waals surface area contributed by atoms with Crippen LogP contribution in [-0.4, -0.2) is 4.98 Å². The van der Waals surface area contributed by atoms with Crippen LogP contribution < -0.4 is 5.56 Å². The van der Waals surface area contributed by atoms with Crippen LogP contribution in [0.25, 0.3) is 0 Å². The summed E-state index contributed by atoms with van der Waals surface area (Å²) in [5.41, 5.74) is 5.01. The predicted molar refractivity (Wildman–Crippen MR) is 59.1 cm³/mol. The molecule has 1 N–H and O–H groups in total. The Bertz CT molecular complexity index is 569. The second kappa shape index (κ2) is 3.09. The highest BCUT2D eigenvalue weighted by Crippen LogP contribution is 2.24. The van der Waals surface area contributed by atoms with Crippen LogP contribution in [0.3, 0.4) is 0 Å². The van der Waals surface area contributed by atoms with Crippen molar-refractivity contribution in [3.63, 3.8) is 0 Å². The molecule has 0 amide bonds. The van der Waals surface area contributed by atoms with Gasteiger partial charge in [0.1, 0.15) is 0 Å². The van der Waals surface area contributed by atoms with E-state index in [-0.39, 0.29) is 5.56 Å². The SMILES string of the molecule is O=c1ccc2c([nH]1)Cc1ccccc1C2. The number of H-pyrrole nitrogens is 1. The molecule has 1 aliphatic rings. The van der Waals surface area contributed by atoms with E-state index < -0.39 is 0 Å². The van der Waals surface area contributed by atoms with E-state index in [0.717, 1.165) is 18.5 Å². The number of aromatic nitrogens is 1. The van der Waals surface area contributed by atoms with Gasteiger partial charge in [0.2, 0.25) is 5.56 Å². The third kappa shape index (κ3) is 1.38. The summed E-state index contributed by atoms with van der Waals surface area (Å²) in [5.74, 6) is 0. The average molecular weight is 197 g/mol. The lowest BCUT2D eigenvalue weighted by molar-refractivity contribution is 0.927. The number of hydrogen-bond donors (Lipinski definition) is 1. The molecule has 74 valence electrons. The fraction of sp³-hybridized carbons (Fsp3) is 0.154. The number of fused-ring (bicyclic) bond motifs is 2. The molecule has 0 unspecified atom stereocenters. The summed E-state index contributed by atoms with van der Waals surface area (Å²) in [5, 5.41) is 0. The van der Waals surface area contributed by atoms with Gasteiger partial charge in [-0.25, -0.2) is 0 Å². The zero-order valence-electron chi connectivity index (χ0n) is 8.29. The van der Waals surface area contributed by atoms with Gasteiger partial charge in [-0.2, -0.15) is 0 Å². The summed E-state index contributed by atoms with van der Waals surface area (Å²) in [6.45, 7) is 0. The van der Waals surface area contributed by atoms with Crippen LogP contribution in [0, 0.1) is 0 Å². The van der Waals surface area contributed by atoms with E-state index in [9.17, 15) is 4.79 Å². The number of aromatic amines is 1. The molecule has 1 aliphatic carbocycles. The maximum Gasteiger partial charge on any atom is 0.248 e. The second-order valence-corrected chi connectivity index (χ2v) is 3.95. The molecule has 1 heterocycles. The van der Waals surface area contributed by atoms with Crippen molar-refractivity contribution in [2.75, 3.05) is 0 Å². The minimum Gasteiger partial charge on any atom is -0.326 e. The molecule has 0 saturated carbocycles. The van der Waals surface area contributed by atoms with Gasteiger partial charge < -0.3 is 4.98 Å². The van der Waals surface area contributed by atoms with Gasteiger partial charge in [0.05, 0.1) is 0 Å². The molecule has 3 rings (SSSR count). The Balaban J connectivity index is 2.15. The highest BCUT2D eigenvalue weighted by Gasteiger charge is 2.14. The summed E-state index contributed by atoms with van der Waals surface area (Å²) in [6, 6.07) is 11.9. The Morgan fingerprint density at radius 2 is 1.60 bits per heavy atom. The number of nitrogens with one attached hydrogen (secondary N) is 1. The van der Waals surface area contributed by atoms with Crippen LogP contribution in [-0.2, 0) is 12.8 Å². The van der Waals surface area contributed by atoms with Crippen LogP contribution in [0.15, 0.2) is 41.2 Å². The quantitative estimate of drug-likeness (QED) is 0.586. The van der Waals surface area contributed by atoms with E-state index in [1.54, 1.807) is 6.07 Å². The third-order valence-corrected chi connectivity index (χ3v) is 2.96. The van der Waals surface area contributed by atoms with E-state index in [0.29, 0.717) is 0 Å². The van der Waals surface area contributed by atoms with Gasteiger partial charge in [0, 0.05) is 18.2 Å². The summed E-state index contributed by atoms with van der Waals surface area (Å²) >= 11 is 0. The average Bonchev–Trinajstić information content (AvgIpc) is 2.26. The van der Waals surface area contributed by atoms with Crippen LogP contribution in [0.4, 0.5) is 0 Å². The molecule has 0 atom stereocenters. The molecule has 0 radical (unpaired) electrons.